The van der Waals surface area contributed by atoms with Crippen LogP contribution in [0, 0.1) is 17.0 Å². The summed E-state index contributed by atoms with van der Waals surface area (Å²) in [5.74, 6) is -0.515. The lowest BCUT2D eigenvalue weighted by atomic mass is 10.2. The van der Waals surface area contributed by atoms with Crippen LogP contribution in [0.2, 0.25) is 0 Å². The smallest absolute Gasteiger partial charge is 0.276 e. The number of nitrogens with one attached hydrogen (secondary N) is 2. The lowest BCUT2D eigenvalue weighted by Crippen LogP contribution is -2.16. The van der Waals surface area contributed by atoms with Crippen molar-refractivity contribution in [2.75, 3.05) is 15.8 Å². The summed E-state index contributed by atoms with van der Waals surface area (Å²) in [5, 5.41) is 17.8. The molecule has 1 heterocycles. The lowest BCUT2D eigenvalue weighted by molar-refractivity contribution is -0.384. The van der Waals surface area contributed by atoms with Crippen molar-refractivity contribution in [3.05, 3.63) is 76.1 Å². The third kappa shape index (κ3) is 4.81. The zero-order chi connectivity index (χ0) is 21.9. The fourth-order valence-electron chi connectivity index (χ4n) is 2.63. The standard InChI is InChI=1S/C19H19N5O5S/c1-3-30(28,29)22-17-8-7-14(11-13(17)2)20-19(25)18-9-10-23(21-18)15-5-4-6-16(12-15)24(26)27/h4-12,22H,3H2,1-2H3,(H,20,25). The fourth-order valence-corrected chi connectivity index (χ4v) is 3.34. The van der Waals surface area contributed by atoms with E-state index in [0.29, 0.717) is 22.6 Å². The number of aromatic nitrogens is 2. The number of aryl methyl sites for hydroxylation is 1. The van der Waals surface area contributed by atoms with Crippen molar-refractivity contribution in [1.29, 1.82) is 0 Å². The van der Waals surface area contributed by atoms with E-state index in [1.807, 2.05) is 0 Å². The molecule has 0 bridgehead atoms. The molecule has 0 aliphatic rings. The van der Waals surface area contributed by atoms with Gasteiger partial charge in [0.1, 0.15) is 0 Å². The molecule has 0 aliphatic carbocycles. The second-order valence-corrected chi connectivity index (χ2v) is 8.42. The molecule has 30 heavy (non-hydrogen) atoms. The second kappa shape index (κ2) is 8.33. The highest BCUT2D eigenvalue weighted by atomic mass is 32.2. The average Bonchev–Trinajstić information content (AvgIpc) is 3.20. The predicted molar refractivity (Wildman–Crippen MR) is 112 cm³/mol. The van der Waals surface area contributed by atoms with Crippen molar-refractivity contribution in [2.24, 2.45) is 0 Å². The van der Waals surface area contributed by atoms with E-state index >= 15 is 0 Å². The maximum absolute atomic E-state index is 12.5. The van der Waals surface area contributed by atoms with E-state index < -0.39 is 20.9 Å². The molecule has 0 unspecified atom stereocenters. The molecule has 156 valence electrons. The molecule has 0 spiro atoms. The highest BCUT2D eigenvalue weighted by molar-refractivity contribution is 7.92. The SMILES string of the molecule is CCS(=O)(=O)Nc1ccc(NC(=O)c2ccn(-c3cccc([N+](=O)[O-])c3)n2)cc1C. The number of hydrogen-bond donors (Lipinski definition) is 2. The molecular formula is C19H19N5O5S. The molecule has 0 radical (unpaired) electrons. The first-order chi connectivity index (χ1) is 14.2. The quantitative estimate of drug-likeness (QED) is 0.437. The van der Waals surface area contributed by atoms with Crippen LogP contribution in [-0.4, -0.2) is 34.8 Å². The number of carbonyl (C=O) groups excluding carboxylic acids is 1. The number of benzene rings is 2. The number of non-ortho nitro benzene ring substituents is 1. The van der Waals surface area contributed by atoms with Crippen molar-refractivity contribution < 1.29 is 18.1 Å². The highest BCUT2D eigenvalue weighted by Gasteiger charge is 2.14. The molecule has 0 saturated carbocycles. The maximum Gasteiger partial charge on any atom is 0.276 e. The van der Waals surface area contributed by atoms with Crippen LogP contribution >= 0.6 is 0 Å². The minimum absolute atomic E-state index is 0.0435. The van der Waals surface area contributed by atoms with Gasteiger partial charge in [-0.05, 0) is 49.7 Å². The Morgan fingerprint density at radius 2 is 1.97 bits per heavy atom. The van der Waals surface area contributed by atoms with E-state index in [9.17, 15) is 23.3 Å². The number of nitrogens with zero attached hydrogens (tertiary/aromatic N) is 3. The van der Waals surface area contributed by atoms with Crippen LogP contribution in [-0.2, 0) is 10.0 Å². The fraction of sp³-hybridized carbons (Fsp3) is 0.158. The molecule has 3 aromatic rings. The largest absolute Gasteiger partial charge is 0.321 e. The maximum atomic E-state index is 12.5. The van der Waals surface area contributed by atoms with Crippen LogP contribution in [0.4, 0.5) is 17.1 Å². The lowest BCUT2D eigenvalue weighted by Gasteiger charge is -2.11. The first-order valence-corrected chi connectivity index (χ1v) is 10.6. The highest BCUT2D eigenvalue weighted by Crippen LogP contribution is 2.22. The molecule has 0 aliphatic heterocycles. The monoisotopic (exact) mass is 429 g/mol. The average molecular weight is 429 g/mol. The number of nitro benzene ring substituents is 1. The van der Waals surface area contributed by atoms with Gasteiger partial charge < -0.3 is 5.32 Å². The van der Waals surface area contributed by atoms with Crippen molar-refractivity contribution in [2.45, 2.75) is 13.8 Å². The van der Waals surface area contributed by atoms with E-state index in [1.54, 1.807) is 38.1 Å². The Morgan fingerprint density at radius 3 is 2.63 bits per heavy atom. The van der Waals surface area contributed by atoms with Gasteiger partial charge in [0.05, 0.1) is 22.1 Å². The number of carbonyl (C=O) groups is 1. The van der Waals surface area contributed by atoms with Gasteiger partial charge in [0.2, 0.25) is 10.0 Å². The molecule has 0 saturated heterocycles. The third-order valence-corrected chi connectivity index (χ3v) is 5.55. The van der Waals surface area contributed by atoms with Gasteiger partial charge >= 0.3 is 0 Å². The molecule has 10 nitrogen and oxygen atoms in total. The molecule has 1 amide bonds. The second-order valence-electron chi connectivity index (χ2n) is 6.41. The Hall–Kier alpha value is -3.73. The summed E-state index contributed by atoms with van der Waals surface area (Å²) >= 11 is 0. The van der Waals surface area contributed by atoms with Gasteiger partial charge in [-0.1, -0.05) is 6.07 Å². The zero-order valence-corrected chi connectivity index (χ0v) is 17.0. The number of rotatable bonds is 7. The molecule has 3 rings (SSSR count). The van der Waals surface area contributed by atoms with Crippen LogP contribution in [0.3, 0.4) is 0 Å². The van der Waals surface area contributed by atoms with Gasteiger partial charge in [-0.15, -0.1) is 0 Å². The van der Waals surface area contributed by atoms with Gasteiger partial charge in [-0.3, -0.25) is 19.6 Å². The van der Waals surface area contributed by atoms with E-state index in [4.69, 9.17) is 0 Å². The van der Waals surface area contributed by atoms with Gasteiger partial charge in [-0.2, -0.15) is 5.10 Å². The molecule has 0 atom stereocenters. The van der Waals surface area contributed by atoms with E-state index in [0.717, 1.165) is 0 Å². The van der Waals surface area contributed by atoms with Gasteiger partial charge in [0.15, 0.2) is 5.69 Å². The summed E-state index contributed by atoms with van der Waals surface area (Å²) in [4.78, 5) is 22.9. The number of amides is 1. The summed E-state index contributed by atoms with van der Waals surface area (Å²) in [6, 6.07) is 12.2. The van der Waals surface area contributed by atoms with E-state index in [2.05, 4.69) is 15.1 Å². The molecule has 2 aromatic carbocycles. The number of nitro groups is 1. The van der Waals surface area contributed by atoms with Gasteiger partial charge in [0.25, 0.3) is 11.6 Å². The summed E-state index contributed by atoms with van der Waals surface area (Å²) in [7, 11) is -3.40. The van der Waals surface area contributed by atoms with Crippen molar-refractivity contribution >= 4 is 33.0 Å². The summed E-state index contributed by atoms with van der Waals surface area (Å²) < 4.78 is 27.3. The van der Waals surface area contributed by atoms with Gasteiger partial charge in [0, 0.05) is 24.0 Å². The normalized spacial score (nSPS) is 11.1. The third-order valence-electron chi connectivity index (χ3n) is 4.26. The van der Waals surface area contributed by atoms with Crippen LogP contribution in [0.25, 0.3) is 5.69 Å². The molecule has 11 heteroatoms. The Labute approximate surface area is 172 Å². The number of sulfonamides is 1. The van der Waals surface area contributed by atoms with Crippen LogP contribution in [0.1, 0.15) is 23.0 Å². The van der Waals surface area contributed by atoms with Crippen molar-refractivity contribution in [1.82, 2.24) is 9.78 Å². The molecule has 1 aromatic heterocycles. The number of hydrogen-bond acceptors (Lipinski definition) is 6. The first-order valence-electron chi connectivity index (χ1n) is 8.91. The van der Waals surface area contributed by atoms with Crippen LogP contribution < -0.4 is 10.0 Å². The number of anilines is 2. The summed E-state index contributed by atoms with van der Waals surface area (Å²) in [6.45, 7) is 3.26. The topological polar surface area (TPSA) is 136 Å². The minimum atomic E-state index is -3.40. The molecule has 0 fully saturated rings. The van der Waals surface area contributed by atoms with Crippen LogP contribution in [0.15, 0.2) is 54.7 Å². The minimum Gasteiger partial charge on any atom is -0.321 e. The van der Waals surface area contributed by atoms with Crippen LogP contribution in [0.5, 0.6) is 0 Å². The summed E-state index contributed by atoms with van der Waals surface area (Å²) in [6.07, 6.45) is 1.53. The Balaban J connectivity index is 1.75. The first kappa shape index (κ1) is 21.0. The van der Waals surface area contributed by atoms with Crippen molar-refractivity contribution in [3.63, 3.8) is 0 Å². The van der Waals surface area contributed by atoms with E-state index in [-0.39, 0.29) is 17.1 Å². The Kier molecular flexibility index (Phi) is 5.83. The molecular weight excluding hydrogens is 410 g/mol. The zero-order valence-electron chi connectivity index (χ0n) is 16.2. The molecule has 2 N–H and O–H groups in total. The summed E-state index contributed by atoms with van der Waals surface area (Å²) in [5.41, 5.74) is 2.04. The predicted octanol–water partition coefficient (Wildman–Crippen LogP) is 3.10. The van der Waals surface area contributed by atoms with E-state index in [1.165, 1.54) is 35.1 Å². The Bertz CT molecular complexity index is 1220. The van der Waals surface area contributed by atoms with Gasteiger partial charge in [-0.25, -0.2) is 13.1 Å². The van der Waals surface area contributed by atoms with Crippen molar-refractivity contribution in [3.8, 4) is 5.69 Å². The Morgan fingerprint density at radius 1 is 1.20 bits per heavy atom.